The van der Waals surface area contributed by atoms with Crippen molar-refractivity contribution >= 4 is 21.8 Å². The molecule has 1 atom stereocenters. The topological polar surface area (TPSA) is 20.3 Å². The number of carbonyl (C=O) groups is 1. The zero-order chi connectivity index (χ0) is 12.7. The Labute approximate surface area is 114 Å². The summed E-state index contributed by atoms with van der Waals surface area (Å²) in [5.74, 6) is 0.683. The quantitative estimate of drug-likeness (QED) is 0.680. The van der Waals surface area contributed by atoms with E-state index in [1.54, 1.807) is 0 Å². The lowest BCUT2D eigenvalue weighted by molar-refractivity contribution is -0.139. The van der Waals surface area contributed by atoms with Crippen LogP contribution in [0.25, 0.3) is 0 Å². The summed E-state index contributed by atoms with van der Waals surface area (Å²) in [6.07, 6.45) is 7.96. The summed E-state index contributed by atoms with van der Waals surface area (Å²) in [7, 11) is 0. The Hall–Kier alpha value is -0.0500. The van der Waals surface area contributed by atoms with Gasteiger partial charge in [0, 0.05) is 23.8 Å². The summed E-state index contributed by atoms with van der Waals surface area (Å²) in [5, 5.41) is 0.934. The molecule has 0 radical (unpaired) electrons. The SMILES string of the molecule is CCCC(CCC)C(=O)N1CCCCC1CBr. The molecule has 0 N–H and O–H groups in total. The van der Waals surface area contributed by atoms with Crippen molar-refractivity contribution in [3.8, 4) is 0 Å². The van der Waals surface area contributed by atoms with E-state index in [1.807, 2.05) is 0 Å². The molecule has 1 aliphatic rings. The van der Waals surface area contributed by atoms with Crippen molar-refractivity contribution < 1.29 is 4.79 Å². The minimum absolute atomic E-state index is 0.268. The number of likely N-dealkylation sites (tertiary alicyclic amines) is 1. The van der Waals surface area contributed by atoms with E-state index in [0.29, 0.717) is 11.9 Å². The maximum absolute atomic E-state index is 12.6. The molecule has 1 fully saturated rings. The van der Waals surface area contributed by atoms with Crippen LogP contribution in [0.5, 0.6) is 0 Å². The van der Waals surface area contributed by atoms with Gasteiger partial charge in [0.05, 0.1) is 0 Å². The van der Waals surface area contributed by atoms with E-state index < -0.39 is 0 Å². The monoisotopic (exact) mass is 303 g/mol. The van der Waals surface area contributed by atoms with Crippen LogP contribution in [0.2, 0.25) is 0 Å². The molecule has 17 heavy (non-hydrogen) atoms. The molecule has 0 bridgehead atoms. The Balaban J connectivity index is 2.62. The van der Waals surface area contributed by atoms with Crippen LogP contribution >= 0.6 is 15.9 Å². The van der Waals surface area contributed by atoms with E-state index in [2.05, 4.69) is 34.7 Å². The fourth-order valence-electron chi connectivity index (χ4n) is 2.77. The number of nitrogens with zero attached hydrogens (tertiary/aromatic N) is 1. The van der Waals surface area contributed by atoms with Crippen LogP contribution in [0, 0.1) is 5.92 Å². The molecule has 1 saturated heterocycles. The lowest BCUT2D eigenvalue weighted by Crippen LogP contribution is -2.47. The zero-order valence-corrected chi connectivity index (χ0v) is 12.8. The van der Waals surface area contributed by atoms with Gasteiger partial charge in [0.2, 0.25) is 5.91 Å². The largest absolute Gasteiger partial charge is 0.339 e. The number of rotatable bonds is 6. The lowest BCUT2D eigenvalue weighted by Gasteiger charge is -2.37. The number of piperidine rings is 1. The zero-order valence-electron chi connectivity index (χ0n) is 11.3. The Morgan fingerprint density at radius 2 is 1.94 bits per heavy atom. The Kier molecular flexibility index (Phi) is 7.17. The van der Waals surface area contributed by atoms with Gasteiger partial charge in [-0.25, -0.2) is 0 Å². The van der Waals surface area contributed by atoms with Gasteiger partial charge in [0.15, 0.2) is 0 Å². The molecular formula is C14H26BrNO. The molecule has 0 saturated carbocycles. The standard InChI is InChI=1S/C14H26BrNO/c1-3-7-12(8-4-2)14(17)16-10-6-5-9-13(16)11-15/h12-13H,3-11H2,1-2H3. The first-order chi connectivity index (χ1) is 8.24. The molecule has 2 nitrogen and oxygen atoms in total. The Morgan fingerprint density at radius 1 is 1.29 bits per heavy atom. The predicted molar refractivity (Wildman–Crippen MR) is 76.5 cm³/mol. The molecule has 1 aliphatic heterocycles. The number of alkyl halides is 1. The second-order valence-corrected chi connectivity index (χ2v) is 5.76. The minimum atomic E-state index is 0.268. The predicted octanol–water partition coefficient (Wildman–Crippen LogP) is 3.98. The summed E-state index contributed by atoms with van der Waals surface area (Å²) < 4.78 is 0. The average Bonchev–Trinajstić information content (AvgIpc) is 2.37. The second kappa shape index (κ2) is 8.12. The van der Waals surface area contributed by atoms with Crippen molar-refractivity contribution in [2.45, 2.75) is 64.8 Å². The summed E-state index contributed by atoms with van der Waals surface area (Å²) in [6.45, 7) is 5.32. The van der Waals surface area contributed by atoms with Gasteiger partial charge < -0.3 is 4.90 Å². The van der Waals surface area contributed by atoms with Crippen molar-refractivity contribution in [2.24, 2.45) is 5.92 Å². The smallest absolute Gasteiger partial charge is 0.225 e. The van der Waals surface area contributed by atoms with Gasteiger partial charge >= 0.3 is 0 Å². The molecule has 100 valence electrons. The van der Waals surface area contributed by atoms with E-state index in [1.165, 1.54) is 19.3 Å². The maximum Gasteiger partial charge on any atom is 0.225 e. The highest BCUT2D eigenvalue weighted by Gasteiger charge is 2.29. The molecule has 1 amide bonds. The van der Waals surface area contributed by atoms with Crippen molar-refractivity contribution in [3.05, 3.63) is 0 Å². The highest BCUT2D eigenvalue weighted by Crippen LogP contribution is 2.24. The van der Waals surface area contributed by atoms with Crippen LogP contribution in [0.1, 0.15) is 58.8 Å². The Bertz CT molecular complexity index is 226. The molecule has 0 aromatic carbocycles. The van der Waals surface area contributed by atoms with Crippen LogP contribution in [0.3, 0.4) is 0 Å². The van der Waals surface area contributed by atoms with Gasteiger partial charge in [0.25, 0.3) is 0 Å². The molecule has 0 aliphatic carbocycles. The van der Waals surface area contributed by atoms with Crippen LogP contribution in [0.4, 0.5) is 0 Å². The summed E-state index contributed by atoms with van der Waals surface area (Å²) in [5.41, 5.74) is 0. The van der Waals surface area contributed by atoms with Gasteiger partial charge in [0.1, 0.15) is 0 Å². The molecule has 3 heteroatoms. The van der Waals surface area contributed by atoms with Crippen LogP contribution < -0.4 is 0 Å². The first kappa shape index (κ1) is 15.0. The maximum atomic E-state index is 12.6. The average molecular weight is 304 g/mol. The van der Waals surface area contributed by atoms with Crippen LogP contribution in [-0.4, -0.2) is 28.7 Å². The number of amides is 1. The van der Waals surface area contributed by atoms with Gasteiger partial charge in [-0.3, -0.25) is 4.79 Å². The number of carbonyl (C=O) groups excluding carboxylic acids is 1. The first-order valence-electron chi connectivity index (χ1n) is 7.11. The molecule has 0 aromatic rings. The number of hydrogen-bond donors (Lipinski definition) is 0. The van der Waals surface area contributed by atoms with Crippen molar-refractivity contribution in [3.63, 3.8) is 0 Å². The van der Waals surface area contributed by atoms with Gasteiger partial charge in [-0.2, -0.15) is 0 Å². The molecule has 1 heterocycles. The normalized spacial score (nSPS) is 20.9. The molecule has 1 unspecified atom stereocenters. The van der Waals surface area contributed by atoms with Crippen LogP contribution in [0.15, 0.2) is 0 Å². The third-order valence-corrected chi connectivity index (χ3v) is 4.46. The molecule has 0 spiro atoms. The third-order valence-electron chi connectivity index (χ3n) is 3.71. The molecular weight excluding hydrogens is 278 g/mol. The molecule has 0 aromatic heterocycles. The fourth-order valence-corrected chi connectivity index (χ4v) is 3.45. The first-order valence-corrected chi connectivity index (χ1v) is 8.23. The summed E-state index contributed by atoms with van der Waals surface area (Å²) in [6, 6.07) is 0.437. The highest BCUT2D eigenvalue weighted by atomic mass is 79.9. The highest BCUT2D eigenvalue weighted by molar-refractivity contribution is 9.09. The van der Waals surface area contributed by atoms with E-state index in [0.717, 1.165) is 37.6 Å². The molecule has 1 rings (SSSR count). The Morgan fingerprint density at radius 3 is 2.47 bits per heavy atom. The van der Waals surface area contributed by atoms with E-state index in [9.17, 15) is 4.79 Å². The van der Waals surface area contributed by atoms with E-state index in [4.69, 9.17) is 0 Å². The van der Waals surface area contributed by atoms with E-state index >= 15 is 0 Å². The summed E-state index contributed by atoms with van der Waals surface area (Å²) >= 11 is 3.55. The van der Waals surface area contributed by atoms with Gasteiger partial charge in [-0.1, -0.05) is 42.6 Å². The lowest BCUT2D eigenvalue weighted by atomic mass is 9.94. The fraction of sp³-hybridized carbons (Fsp3) is 0.929. The van der Waals surface area contributed by atoms with Crippen molar-refractivity contribution in [2.75, 3.05) is 11.9 Å². The number of halogens is 1. The van der Waals surface area contributed by atoms with Crippen molar-refractivity contribution in [1.29, 1.82) is 0 Å². The van der Waals surface area contributed by atoms with Gasteiger partial charge in [-0.15, -0.1) is 0 Å². The van der Waals surface area contributed by atoms with E-state index in [-0.39, 0.29) is 5.92 Å². The van der Waals surface area contributed by atoms with Crippen LogP contribution in [-0.2, 0) is 4.79 Å². The second-order valence-electron chi connectivity index (χ2n) is 5.11. The number of hydrogen-bond acceptors (Lipinski definition) is 1. The van der Waals surface area contributed by atoms with Crippen molar-refractivity contribution in [1.82, 2.24) is 4.90 Å². The third kappa shape index (κ3) is 4.27. The van der Waals surface area contributed by atoms with Gasteiger partial charge in [-0.05, 0) is 32.1 Å². The summed E-state index contributed by atoms with van der Waals surface area (Å²) in [4.78, 5) is 14.7. The minimum Gasteiger partial charge on any atom is -0.339 e.